The van der Waals surface area contributed by atoms with Crippen LogP contribution in [0.2, 0.25) is 0 Å². The topological polar surface area (TPSA) is 50.8 Å². The molecule has 0 aliphatic rings. The molecule has 0 saturated carbocycles. The summed E-state index contributed by atoms with van der Waals surface area (Å²) in [5.74, 6) is 0.476. The molecule has 0 unspecified atom stereocenters. The summed E-state index contributed by atoms with van der Waals surface area (Å²) in [6.45, 7) is 0.532. The van der Waals surface area contributed by atoms with E-state index in [-0.39, 0.29) is 18.4 Å². The summed E-state index contributed by atoms with van der Waals surface area (Å²) >= 11 is 0. The average molecular weight is 318 g/mol. The SMILES string of the molecule is COc1ccc(NC(=O)N(C)CCOc2ccccc2F)cc1. The number of nitrogens with zero attached hydrogens (tertiary/aromatic N) is 1. The fourth-order valence-electron chi connectivity index (χ4n) is 1.85. The number of rotatable bonds is 6. The number of hydrogen-bond donors (Lipinski definition) is 1. The van der Waals surface area contributed by atoms with Crippen LogP contribution in [0.5, 0.6) is 11.5 Å². The van der Waals surface area contributed by atoms with Crippen molar-refractivity contribution in [2.75, 3.05) is 32.6 Å². The van der Waals surface area contributed by atoms with E-state index < -0.39 is 5.82 Å². The van der Waals surface area contributed by atoms with Crippen LogP contribution in [0.25, 0.3) is 0 Å². The highest BCUT2D eigenvalue weighted by Crippen LogP contribution is 2.16. The van der Waals surface area contributed by atoms with Gasteiger partial charge in [0.15, 0.2) is 11.6 Å². The molecule has 2 amide bonds. The molecular formula is C17H19FN2O3. The highest BCUT2D eigenvalue weighted by atomic mass is 19.1. The van der Waals surface area contributed by atoms with Gasteiger partial charge >= 0.3 is 6.03 Å². The Bertz CT molecular complexity index is 647. The molecule has 23 heavy (non-hydrogen) atoms. The number of methoxy groups -OCH3 is 1. The minimum atomic E-state index is -0.419. The maximum absolute atomic E-state index is 13.4. The third kappa shape index (κ3) is 4.88. The number of anilines is 1. The lowest BCUT2D eigenvalue weighted by Crippen LogP contribution is -2.34. The molecule has 2 aromatic carbocycles. The van der Waals surface area contributed by atoms with Crippen molar-refractivity contribution in [1.82, 2.24) is 4.90 Å². The highest BCUT2D eigenvalue weighted by molar-refractivity contribution is 5.89. The zero-order valence-corrected chi connectivity index (χ0v) is 13.1. The summed E-state index contributed by atoms with van der Waals surface area (Å²) in [6.07, 6.45) is 0. The molecular weight excluding hydrogens is 299 g/mol. The molecule has 0 radical (unpaired) electrons. The number of halogens is 1. The second kappa shape index (κ2) is 8.03. The van der Waals surface area contributed by atoms with E-state index >= 15 is 0 Å². The lowest BCUT2D eigenvalue weighted by molar-refractivity contribution is 0.206. The van der Waals surface area contributed by atoms with E-state index in [1.165, 1.54) is 11.0 Å². The Balaban J connectivity index is 1.79. The zero-order chi connectivity index (χ0) is 16.7. The molecule has 0 saturated heterocycles. The fraction of sp³-hybridized carbons (Fsp3) is 0.235. The summed E-state index contributed by atoms with van der Waals surface area (Å²) in [5.41, 5.74) is 0.665. The van der Waals surface area contributed by atoms with Crippen LogP contribution < -0.4 is 14.8 Å². The molecule has 0 heterocycles. The molecule has 0 atom stereocenters. The Morgan fingerprint density at radius 1 is 1.17 bits per heavy atom. The van der Waals surface area contributed by atoms with Crippen LogP contribution in [-0.4, -0.2) is 38.2 Å². The zero-order valence-electron chi connectivity index (χ0n) is 13.1. The quantitative estimate of drug-likeness (QED) is 0.888. The maximum atomic E-state index is 13.4. The van der Waals surface area contributed by atoms with Gasteiger partial charge in [-0.15, -0.1) is 0 Å². The lowest BCUT2D eigenvalue weighted by Gasteiger charge is -2.18. The maximum Gasteiger partial charge on any atom is 0.321 e. The molecule has 0 aliphatic heterocycles. The van der Waals surface area contributed by atoms with Crippen LogP contribution >= 0.6 is 0 Å². The number of nitrogens with one attached hydrogen (secondary N) is 1. The van der Waals surface area contributed by atoms with Gasteiger partial charge in [0.1, 0.15) is 12.4 Å². The Morgan fingerprint density at radius 2 is 1.87 bits per heavy atom. The number of para-hydroxylation sites is 1. The van der Waals surface area contributed by atoms with Crippen molar-refractivity contribution in [2.24, 2.45) is 0 Å². The first kappa shape index (κ1) is 16.6. The van der Waals surface area contributed by atoms with Gasteiger partial charge in [-0.2, -0.15) is 0 Å². The third-order valence-electron chi connectivity index (χ3n) is 3.21. The van der Waals surface area contributed by atoms with Crippen LogP contribution in [0.1, 0.15) is 0 Å². The Morgan fingerprint density at radius 3 is 2.52 bits per heavy atom. The van der Waals surface area contributed by atoms with E-state index in [4.69, 9.17) is 9.47 Å². The van der Waals surface area contributed by atoms with Gasteiger partial charge in [-0.25, -0.2) is 9.18 Å². The van der Waals surface area contributed by atoms with E-state index in [0.29, 0.717) is 12.2 Å². The monoisotopic (exact) mass is 318 g/mol. The second-order valence-corrected chi connectivity index (χ2v) is 4.86. The number of hydrogen-bond acceptors (Lipinski definition) is 3. The summed E-state index contributed by atoms with van der Waals surface area (Å²) in [7, 11) is 3.22. The summed E-state index contributed by atoms with van der Waals surface area (Å²) in [6, 6.07) is 12.9. The van der Waals surface area contributed by atoms with Gasteiger partial charge < -0.3 is 19.7 Å². The largest absolute Gasteiger partial charge is 0.497 e. The Kier molecular flexibility index (Phi) is 5.80. The Labute approximate surface area is 134 Å². The molecule has 6 heteroatoms. The number of urea groups is 1. The van der Waals surface area contributed by atoms with Crippen molar-refractivity contribution in [3.8, 4) is 11.5 Å². The van der Waals surface area contributed by atoms with Crippen molar-refractivity contribution in [2.45, 2.75) is 0 Å². The third-order valence-corrected chi connectivity index (χ3v) is 3.21. The first-order valence-corrected chi connectivity index (χ1v) is 7.13. The normalized spacial score (nSPS) is 10.0. The predicted molar refractivity (Wildman–Crippen MR) is 86.5 cm³/mol. The minimum Gasteiger partial charge on any atom is -0.497 e. The van der Waals surface area contributed by atoms with Gasteiger partial charge in [0, 0.05) is 12.7 Å². The molecule has 0 fully saturated rings. The molecule has 0 bridgehead atoms. The first-order chi connectivity index (χ1) is 11.1. The summed E-state index contributed by atoms with van der Waals surface area (Å²) < 4.78 is 23.8. The fourth-order valence-corrected chi connectivity index (χ4v) is 1.85. The van der Waals surface area contributed by atoms with Crippen LogP contribution in [-0.2, 0) is 0 Å². The number of carbonyl (C=O) groups excluding carboxylic acids is 1. The van der Waals surface area contributed by atoms with E-state index in [2.05, 4.69) is 5.32 Å². The van der Waals surface area contributed by atoms with Gasteiger partial charge in [-0.05, 0) is 36.4 Å². The van der Waals surface area contributed by atoms with E-state index in [1.807, 2.05) is 0 Å². The summed E-state index contributed by atoms with van der Waals surface area (Å²) in [4.78, 5) is 13.5. The Hall–Kier alpha value is -2.76. The average Bonchev–Trinajstić information content (AvgIpc) is 2.57. The highest BCUT2D eigenvalue weighted by Gasteiger charge is 2.09. The second-order valence-electron chi connectivity index (χ2n) is 4.86. The number of amides is 2. The van der Waals surface area contributed by atoms with Crippen molar-refractivity contribution in [3.63, 3.8) is 0 Å². The van der Waals surface area contributed by atoms with E-state index in [1.54, 1.807) is 56.6 Å². The van der Waals surface area contributed by atoms with Gasteiger partial charge in [0.05, 0.1) is 13.7 Å². The predicted octanol–water partition coefficient (Wildman–Crippen LogP) is 3.38. The molecule has 2 aromatic rings. The van der Waals surface area contributed by atoms with Gasteiger partial charge in [-0.3, -0.25) is 0 Å². The van der Waals surface area contributed by atoms with Crippen molar-refractivity contribution in [1.29, 1.82) is 0 Å². The van der Waals surface area contributed by atoms with Crippen molar-refractivity contribution < 1.29 is 18.7 Å². The molecule has 2 rings (SSSR count). The lowest BCUT2D eigenvalue weighted by atomic mass is 10.3. The van der Waals surface area contributed by atoms with Crippen molar-refractivity contribution in [3.05, 3.63) is 54.3 Å². The molecule has 5 nitrogen and oxygen atoms in total. The number of ether oxygens (including phenoxy) is 2. The van der Waals surface area contributed by atoms with Crippen LogP contribution in [0.15, 0.2) is 48.5 Å². The van der Waals surface area contributed by atoms with Crippen LogP contribution in [0, 0.1) is 5.82 Å². The molecule has 1 N–H and O–H groups in total. The van der Waals surface area contributed by atoms with Crippen molar-refractivity contribution >= 4 is 11.7 Å². The van der Waals surface area contributed by atoms with E-state index in [0.717, 1.165) is 5.75 Å². The van der Waals surface area contributed by atoms with E-state index in [9.17, 15) is 9.18 Å². The van der Waals surface area contributed by atoms with Crippen LogP contribution in [0.4, 0.5) is 14.9 Å². The minimum absolute atomic E-state index is 0.177. The number of likely N-dealkylation sites (N-methyl/N-ethyl adjacent to an activating group) is 1. The van der Waals surface area contributed by atoms with Gasteiger partial charge in [0.25, 0.3) is 0 Å². The first-order valence-electron chi connectivity index (χ1n) is 7.13. The number of benzene rings is 2. The smallest absolute Gasteiger partial charge is 0.321 e. The molecule has 122 valence electrons. The van der Waals surface area contributed by atoms with Gasteiger partial charge in [-0.1, -0.05) is 12.1 Å². The van der Waals surface area contributed by atoms with Gasteiger partial charge in [0.2, 0.25) is 0 Å². The number of carbonyl (C=O) groups is 1. The standard InChI is InChI=1S/C17H19FN2O3/c1-20(11-12-23-16-6-4-3-5-15(16)18)17(21)19-13-7-9-14(22-2)10-8-13/h3-10H,11-12H2,1-2H3,(H,19,21). The summed E-state index contributed by atoms with van der Waals surface area (Å²) in [5, 5.41) is 2.75. The molecule has 0 aliphatic carbocycles. The molecule has 0 aromatic heterocycles. The van der Waals surface area contributed by atoms with Crippen LogP contribution in [0.3, 0.4) is 0 Å². The molecule has 0 spiro atoms.